The Morgan fingerprint density at radius 3 is 2.25 bits per heavy atom. The Hall–Kier alpha value is -3.99. The Morgan fingerprint density at radius 2 is 1.59 bits per heavy atom. The molecule has 0 aliphatic heterocycles. The summed E-state index contributed by atoms with van der Waals surface area (Å²) in [6.45, 7) is 6.66. The first kappa shape index (κ1) is 21.2. The van der Waals surface area contributed by atoms with Crippen molar-refractivity contribution in [3.8, 4) is 0 Å². The number of aryl methyl sites for hydroxylation is 3. The van der Waals surface area contributed by atoms with Crippen molar-refractivity contribution in [2.75, 3.05) is 5.32 Å². The van der Waals surface area contributed by atoms with Gasteiger partial charge in [-0.2, -0.15) is 0 Å². The number of hydrogen-bond donors (Lipinski definition) is 1. The third-order valence-electron chi connectivity index (χ3n) is 5.67. The van der Waals surface area contributed by atoms with Crippen molar-refractivity contribution >= 4 is 17.4 Å². The van der Waals surface area contributed by atoms with Gasteiger partial charge in [0, 0.05) is 35.8 Å². The highest BCUT2D eigenvalue weighted by atomic mass is 16.2. The zero-order valence-electron chi connectivity index (χ0n) is 18.4. The van der Waals surface area contributed by atoms with Gasteiger partial charge in [0.25, 0.3) is 5.91 Å². The Balaban J connectivity index is 1.52. The topological polar surface area (TPSA) is 64.0 Å². The highest BCUT2D eigenvalue weighted by Gasteiger charge is 2.18. The van der Waals surface area contributed by atoms with E-state index < -0.39 is 0 Å². The van der Waals surface area contributed by atoms with Crippen LogP contribution in [-0.4, -0.2) is 21.2 Å². The molecule has 0 fully saturated rings. The van der Waals surface area contributed by atoms with Gasteiger partial charge in [-0.05, 0) is 61.7 Å². The second kappa shape index (κ2) is 9.02. The Morgan fingerprint density at radius 1 is 0.875 bits per heavy atom. The van der Waals surface area contributed by atoms with E-state index in [4.69, 9.17) is 0 Å². The normalized spacial score (nSPS) is 10.7. The van der Waals surface area contributed by atoms with Gasteiger partial charge in [-0.3, -0.25) is 9.59 Å². The molecule has 4 rings (SSSR count). The molecule has 0 bridgehead atoms. The van der Waals surface area contributed by atoms with E-state index in [0.29, 0.717) is 28.9 Å². The monoisotopic (exact) mass is 423 g/mol. The standard InChI is InChI=1S/C27H25N3O2/c1-18-8-11-22(16-19(18)2)26(31)24-6-4-5-7-25(24)27(32)29-23-12-9-21(10-13-23)17-30-15-14-28-20(30)3/h4-16H,17H2,1-3H3,(H,29,32). The summed E-state index contributed by atoms with van der Waals surface area (Å²) in [6.07, 6.45) is 3.72. The fourth-order valence-corrected chi connectivity index (χ4v) is 3.58. The van der Waals surface area contributed by atoms with Crippen LogP contribution in [0.4, 0.5) is 5.69 Å². The van der Waals surface area contributed by atoms with E-state index in [1.54, 1.807) is 36.5 Å². The fourth-order valence-electron chi connectivity index (χ4n) is 3.58. The molecule has 0 saturated heterocycles. The van der Waals surface area contributed by atoms with E-state index >= 15 is 0 Å². The molecule has 0 radical (unpaired) electrons. The van der Waals surface area contributed by atoms with Gasteiger partial charge < -0.3 is 9.88 Å². The summed E-state index contributed by atoms with van der Waals surface area (Å²) in [5, 5.41) is 2.91. The van der Waals surface area contributed by atoms with Crippen LogP contribution in [0, 0.1) is 20.8 Å². The predicted octanol–water partition coefficient (Wildman–Crippen LogP) is 5.34. The lowest BCUT2D eigenvalue weighted by Gasteiger charge is -2.11. The van der Waals surface area contributed by atoms with Crippen LogP contribution in [0.3, 0.4) is 0 Å². The number of benzene rings is 3. The molecule has 0 saturated carbocycles. The van der Waals surface area contributed by atoms with Gasteiger partial charge in [-0.15, -0.1) is 0 Å². The molecule has 4 aromatic rings. The molecule has 1 amide bonds. The molecule has 0 aliphatic carbocycles. The second-order valence-corrected chi connectivity index (χ2v) is 7.93. The first-order chi connectivity index (χ1) is 15.4. The molecule has 0 unspecified atom stereocenters. The Labute approximate surface area is 187 Å². The fraction of sp³-hybridized carbons (Fsp3) is 0.148. The smallest absolute Gasteiger partial charge is 0.256 e. The first-order valence-electron chi connectivity index (χ1n) is 10.5. The molecule has 1 N–H and O–H groups in total. The number of carbonyl (C=O) groups is 2. The summed E-state index contributed by atoms with van der Waals surface area (Å²) in [5.41, 5.74) is 5.27. The van der Waals surface area contributed by atoms with Gasteiger partial charge in [-0.1, -0.05) is 42.5 Å². The Bertz CT molecular complexity index is 1290. The van der Waals surface area contributed by atoms with Crippen LogP contribution in [0.25, 0.3) is 0 Å². The van der Waals surface area contributed by atoms with E-state index in [-0.39, 0.29) is 11.7 Å². The lowest BCUT2D eigenvalue weighted by Crippen LogP contribution is -2.17. The van der Waals surface area contributed by atoms with Crippen LogP contribution < -0.4 is 5.32 Å². The van der Waals surface area contributed by atoms with Gasteiger partial charge in [0.15, 0.2) is 5.78 Å². The molecular formula is C27H25N3O2. The highest BCUT2D eigenvalue weighted by molar-refractivity contribution is 6.17. The van der Waals surface area contributed by atoms with Gasteiger partial charge in [0.2, 0.25) is 0 Å². The number of imidazole rings is 1. The number of amides is 1. The number of anilines is 1. The summed E-state index contributed by atoms with van der Waals surface area (Å²) in [7, 11) is 0. The van der Waals surface area contributed by atoms with Crippen LogP contribution >= 0.6 is 0 Å². The molecule has 32 heavy (non-hydrogen) atoms. The number of carbonyl (C=O) groups excluding carboxylic acids is 2. The summed E-state index contributed by atoms with van der Waals surface area (Å²) in [4.78, 5) is 30.4. The average Bonchev–Trinajstić information content (AvgIpc) is 3.20. The van der Waals surface area contributed by atoms with Crippen LogP contribution in [0.15, 0.2) is 79.1 Å². The van der Waals surface area contributed by atoms with Crippen molar-refractivity contribution in [2.45, 2.75) is 27.3 Å². The van der Waals surface area contributed by atoms with E-state index in [0.717, 1.165) is 22.5 Å². The minimum Gasteiger partial charge on any atom is -0.331 e. The highest BCUT2D eigenvalue weighted by Crippen LogP contribution is 2.19. The quantitative estimate of drug-likeness (QED) is 0.426. The Kier molecular flexibility index (Phi) is 5.99. The van der Waals surface area contributed by atoms with Gasteiger partial charge in [-0.25, -0.2) is 4.98 Å². The maximum Gasteiger partial charge on any atom is 0.256 e. The van der Waals surface area contributed by atoms with Gasteiger partial charge in [0.1, 0.15) is 5.82 Å². The molecular weight excluding hydrogens is 398 g/mol. The van der Waals surface area contributed by atoms with E-state index in [1.165, 1.54) is 0 Å². The molecule has 5 heteroatoms. The molecule has 1 aromatic heterocycles. The first-order valence-corrected chi connectivity index (χ1v) is 10.5. The SMILES string of the molecule is Cc1ccc(C(=O)c2ccccc2C(=O)Nc2ccc(Cn3ccnc3C)cc2)cc1C. The summed E-state index contributed by atoms with van der Waals surface area (Å²) in [6, 6.07) is 20.2. The van der Waals surface area contributed by atoms with Crippen molar-refractivity contribution in [2.24, 2.45) is 0 Å². The van der Waals surface area contributed by atoms with Crippen molar-refractivity contribution in [1.82, 2.24) is 9.55 Å². The zero-order valence-corrected chi connectivity index (χ0v) is 18.4. The summed E-state index contributed by atoms with van der Waals surface area (Å²) < 4.78 is 2.06. The molecule has 0 aliphatic rings. The number of aromatic nitrogens is 2. The van der Waals surface area contributed by atoms with Crippen molar-refractivity contribution in [1.29, 1.82) is 0 Å². The van der Waals surface area contributed by atoms with Crippen molar-refractivity contribution in [3.63, 3.8) is 0 Å². The number of nitrogens with one attached hydrogen (secondary N) is 1. The minimum atomic E-state index is -0.309. The maximum atomic E-state index is 13.1. The van der Waals surface area contributed by atoms with Crippen LogP contribution in [0.5, 0.6) is 0 Å². The number of nitrogens with zero attached hydrogens (tertiary/aromatic N) is 2. The molecule has 3 aromatic carbocycles. The van der Waals surface area contributed by atoms with E-state index in [2.05, 4.69) is 14.9 Å². The number of hydrogen-bond acceptors (Lipinski definition) is 3. The summed E-state index contributed by atoms with van der Waals surface area (Å²) >= 11 is 0. The molecule has 0 spiro atoms. The van der Waals surface area contributed by atoms with Gasteiger partial charge >= 0.3 is 0 Å². The number of rotatable bonds is 6. The molecule has 160 valence electrons. The third-order valence-corrected chi connectivity index (χ3v) is 5.67. The molecule has 0 atom stereocenters. The van der Waals surface area contributed by atoms with Crippen molar-refractivity contribution in [3.05, 3.63) is 118 Å². The predicted molar refractivity (Wildman–Crippen MR) is 126 cm³/mol. The summed E-state index contributed by atoms with van der Waals surface area (Å²) in [5.74, 6) is 0.480. The third kappa shape index (κ3) is 4.52. The second-order valence-electron chi connectivity index (χ2n) is 7.93. The maximum absolute atomic E-state index is 13.1. The average molecular weight is 424 g/mol. The van der Waals surface area contributed by atoms with E-state index in [1.807, 2.05) is 63.4 Å². The largest absolute Gasteiger partial charge is 0.331 e. The lowest BCUT2D eigenvalue weighted by molar-refractivity contribution is 0.0996. The van der Waals surface area contributed by atoms with Gasteiger partial charge in [0.05, 0.1) is 5.56 Å². The minimum absolute atomic E-state index is 0.162. The zero-order chi connectivity index (χ0) is 22.7. The van der Waals surface area contributed by atoms with Crippen LogP contribution in [-0.2, 0) is 6.54 Å². The van der Waals surface area contributed by atoms with Crippen molar-refractivity contribution < 1.29 is 9.59 Å². The number of ketones is 1. The molecule has 5 nitrogen and oxygen atoms in total. The molecule has 1 heterocycles. The van der Waals surface area contributed by atoms with Crippen LogP contribution in [0.1, 0.15) is 48.8 Å². The van der Waals surface area contributed by atoms with E-state index in [9.17, 15) is 9.59 Å². The van der Waals surface area contributed by atoms with Crippen LogP contribution in [0.2, 0.25) is 0 Å². The lowest BCUT2D eigenvalue weighted by atomic mass is 9.95.